The normalized spacial score (nSPS) is 23.8. The van der Waals surface area contributed by atoms with Gasteiger partial charge in [-0.2, -0.15) is 0 Å². The highest BCUT2D eigenvalue weighted by Crippen LogP contribution is 2.46. The molecule has 0 aromatic heterocycles. The van der Waals surface area contributed by atoms with Gasteiger partial charge in [0, 0.05) is 18.3 Å². The van der Waals surface area contributed by atoms with Crippen LogP contribution in [0, 0.1) is 5.82 Å². The van der Waals surface area contributed by atoms with Crippen LogP contribution >= 0.6 is 0 Å². The van der Waals surface area contributed by atoms with Crippen molar-refractivity contribution >= 4 is 5.78 Å². The van der Waals surface area contributed by atoms with E-state index in [-0.39, 0.29) is 11.2 Å². The summed E-state index contributed by atoms with van der Waals surface area (Å²) in [5.41, 5.74) is 4.73. The number of Topliss-reactive ketones (excluding diaryl/α,β-unsaturated/α-hetero) is 1. The van der Waals surface area contributed by atoms with E-state index in [9.17, 15) is 9.18 Å². The Morgan fingerprint density at radius 3 is 2.62 bits per heavy atom. The Bertz CT molecular complexity index is 734. The fraction of sp³-hybridized carbons (Fsp3) is 0.316. The van der Waals surface area contributed by atoms with Crippen LogP contribution in [0.1, 0.15) is 41.5 Å². The summed E-state index contributed by atoms with van der Waals surface area (Å²) in [6, 6.07) is 13.5. The molecular weight excluding hydrogens is 263 g/mol. The van der Waals surface area contributed by atoms with Gasteiger partial charge in [-0.1, -0.05) is 30.3 Å². The first-order chi connectivity index (χ1) is 10.2. The number of fused-ring (bicyclic) bond motifs is 3. The van der Waals surface area contributed by atoms with E-state index in [0.29, 0.717) is 18.6 Å². The van der Waals surface area contributed by atoms with E-state index in [0.717, 1.165) is 24.8 Å². The topological polar surface area (TPSA) is 17.1 Å². The Labute approximate surface area is 123 Å². The molecule has 2 aromatic rings. The van der Waals surface area contributed by atoms with Gasteiger partial charge in [-0.15, -0.1) is 0 Å². The molecule has 1 fully saturated rings. The lowest BCUT2D eigenvalue weighted by Gasteiger charge is -2.29. The predicted molar refractivity (Wildman–Crippen MR) is 79.9 cm³/mol. The Hall–Kier alpha value is -1.96. The second-order valence-corrected chi connectivity index (χ2v) is 6.42. The van der Waals surface area contributed by atoms with Crippen LogP contribution in [-0.4, -0.2) is 5.78 Å². The van der Waals surface area contributed by atoms with Crippen LogP contribution < -0.4 is 0 Å². The number of ketones is 1. The van der Waals surface area contributed by atoms with Crippen LogP contribution in [0.15, 0.2) is 42.5 Å². The van der Waals surface area contributed by atoms with E-state index in [1.807, 2.05) is 6.07 Å². The molecule has 21 heavy (non-hydrogen) atoms. The molecule has 4 rings (SSSR count). The van der Waals surface area contributed by atoms with Gasteiger partial charge >= 0.3 is 0 Å². The molecule has 106 valence electrons. The van der Waals surface area contributed by atoms with Crippen LogP contribution in [0.2, 0.25) is 0 Å². The Morgan fingerprint density at radius 1 is 0.952 bits per heavy atom. The molecule has 1 saturated carbocycles. The van der Waals surface area contributed by atoms with E-state index in [1.54, 1.807) is 12.1 Å². The van der Waals surface area contributed by atoms with Gasteiger partial charge in [0.15, 0.2) is 0 Å². The highest BCUT2D eigenvalue weighted by molar-refractivity contribution is 5.83. The number of hydrogen-bond donors (Lipinski definition) is 0. The quantitative estimate of drug-likeness (QED) is 0.714. The molecule has 1 atom stereocenters. The van der Waals surface area contributed by atoms with Crippen molar-refractivity contribution in [3.05, 3.63) is 70.5 Å². The molecule has 0 N–H and O–H groups in total. The maximum absolute atomic E-state index is 13.6. The van der Waals surface area contributed by atoms with Crippen molar-refractivity contribution in [1.82, 2.24) is 0 Å². The first kappa shape index (κ1) is 12.8. The molecule has 2 aromatic carbocycles. The number of halogens is 1. The monoisotopic (exact) mass is 280 g/mol. The van der Waals surface area contributed by atoms with Crippen molar-refractivity contribution in [3.63, 3.8) is 0 Å². The number of carbonyl (C=O) groups excluding carboxylic acids is 1. The molecule has 2 heteroatoms. The molecule has 0 aliphatic heterocycles. The third kappa shape index (κ3) is 2.01. The molecule has 0 saturated heterocycles. The smallest absolute Gasteiger partial charge is 0.133 e. The highest BCUT2D eigenvalue weighted by atomic mass is 19.1. The van der Waals surface area contributed by atoms with Gasteiger partial charge in [-0.25, -0.2) is 4.39 Å². The third-order valence-corrected chi connectivity index (χ3v) is 5.08. The summed E-state index contributed by atoms with van der Waals surface area (Å²) in [6.45, 7) is 0. The summed E-state index contributed by atoms with van der Waals surface area (Å²) in [5, 5.41) is 0. The van der Waals surface area contributed by atoms with Crippen LogP contribution in [0.4, 0.5) is 4.39 Å². The molecule has 2 aliphatic rings. The second-order valence-electron chi connectivity index (χ2n) is 6.42. The molecular formula is C19H17FO. The Morgan fingerprint density at radius 2 is 1.81 bits per heavy atom. The molecule has 2 aliphatic carbocycles. The van der Waals surface area contributed by atoms with Gasteiger partial charge in [0.25, 0.3) is 0 Å². The Kier molecular flexibility index (Phi) is 2.75. The number of benzene rings is 2. The van der Waals surface area contributed by atoms with Crippen molar-refractivity contribution in [1.29, 1.82) is 0 Å². The fourth-order valence-electron chi connectivity index (χ4n) is 4.10. The molecule has 1 spiro atoms. The minimum atomic E-state index is -0.181. The summed E-state index contributed by atoms with van der Waals surface area (Å²) in [4.78, 5) is 11.9. The van der Waals surface area contributed by atoms with Gasteiger partial charge < -0.3 is 0 Å². The number of hydrogen-bond acceptors (Lipinski definition) is 1. The van der Waals surface area contributed by atoms with Crippen LogP contribution in [0.25, 0.3) is 0 Å². The zero-order chi connectivity index (χ0) is 14.4. The van der Waals surface area contributed by atoms with Gasteiger partial charge in [-0.3, -0.25) is 4.79 Å². The highest BCUT2D eigenvalue weighted by Gasteiger charge is 2.42. The average molecular weight is 280 g/mol. The van der Waals surface area contributed by atoms with Gasteiger partial charge in [0.05, 0.1) is 0 Å². The predicted octanol–water partition coefficient (Wildman–Crippen LogP) is 3.96. The van der Waals surface area contributed by atoms with Crippen LogP contribution in [-0.2, 0) is 23.1 Å². The van der Waals surface area contributed by atoms with Gasteiger partial charge in [-0.05, 0) is 53.6 Å². The molecule has 0 radical (unpaired) electrons. The maximum atomic E-state index is 13.6. The van der Waals surface area contributed by atoms with E-state index >= 15 is 0 Å². The summed E-state index contributed by atoms with van der Waals surface area (Å²) in [5.74, 6) is 0.156. The SMILES string of the molecule is O=C1CCC2(C1)Cc1cc(F)ccc1Cc1ccccc12. The molecule has 0 bridgehead atoms. The lowest BCUT2D eigenvalue weighted by molar-refractivity contribution is -0.117. The van der Waals surface area contributed by atoms with E-state index in [4.69, 9.17) is 0 Å². The van der Waals surface area contributed by atoms with E-state index < -0.39 is 0 Å². The first-order valence-corrected chi connectivity index (χ1v) is 7.54. The second kappa shape index (κ2) is 4.52. The number of rotatable bonds is 0. The van der Waals surface area contributed by atoms with Crippen molar-refractivity contribution in [2.45, 2.75) is 37.5 Å². The van der Waals surface area contributed by atoms with Crippen LogP contribution in [0.5, 0.6) is 0 Å². The van der Waals surface area contributed by atoms with E-state index in [1.165, 1.54) is 16.7 Å². The molecule has 1 unspecified atom stereocenters. The minimum Gasteiger partial charge on any atom is -0.300 e. The third-order valence-electron chi connectivity index (χ3n) is 5.08. The summed E-state index contributed by atoms with van der Waals surface area (Å²) >= 11 is 0. The molecule has 0 heterocycles. The van der Waals surface area contributed by atoms with Crippen molar-refractivity contribution in [2.24, 2.45) is 0 Å². The number of carbonyl (C=O) groups is 1. The lowest BCUT2D eigenvalue weighted by atomic mass is 9.74. The van der Waals surface area contributed by atoms with E-state index in [2.05, 4.69) is 24.3 Å². The van der Waals surface area contributed by atoms with Crippen molar-refractivity contribution in [3.8, 4) is 0 Å². The molecule has 1 nitrogen and oxygen atoms in total. The summed E-state index contributed by atoms with van der Waals surface area (Å²) in [7, 11) is 0. The molecule has 0 amide bonds. The van der Waals surface area contributed by atoms with Crippen molar-refractivity contribution < 1.29 is 9.18 Å². The fourth-order valence-corrected chi connectivity index (χ4v) is 4.10. The average Bonchev–Trinajstić information content (AvgIpc) is 2.78. The standard InChI is InChI=1S/C19H17FO/c20-16-6-5-13-9-14-3-1-2-4-18(14)19(11-15(13)10-16)8-7-17(21)12-19/h1-6,10H,7-9,11-12H2. The maximum Gasteiger partial charge on any atom is 0.133 e. The Balaban J connectivity index is 1.93. The zero-order valence-corrected chi connectivity index (χ0v) is 11.9. The first-order valence-electron chi connectivity index (χ1n) is 7.54. The van der Waals surface area contributed by atoms with Crippen LogP contribution in [0.3, 0.4) is 0 Å². The zero-order valence-electron chi connectivity index (χ0n) is 11.9. The van der Waals surface area contributed by atoms with Gasteiger partial charge in [0.1, 0.15) is 11.6 Å². The summed E-state index contributed by atoms with van der Waals surface area (Å²) in [6.07, 6.45) is 3.75. The largest absolute Gasteiger partial charge is 0.300 e. The lowest BCUT2D eigenvalue weighted by Crippen LogP contribution is -2.26. The minimum absolute atomic E-state index is 0.118. The summed E-state index contributed by atoms with van der Waals surface area (Å²) < 4.78 is 13.6. The van der Waals surface area contributed by atoms with Gasteiger partial charge in [0.2, 0.25) is 0 Å². The van der Waals surface area contributed by atoms with Crippen molar-refractivity contribution in [2.75, 3.05) is 0 Å².